The van der Waals surface area contributed by atoms with Gasteiger partial charge in [0.2, 0.25) is 0 Å². The number of halogens is 4. The van der Waals surface area contributed by atoms with Gasteiger partial charge in [-0.3, -0.25) is 4.57 Å². The molecule has 0 aromatic rings. The van der Waals surface area contributed by atoms with Gasteiger partial charge in [-0.25, -0.2) is 0 Å². The van der Waals surface area contributed by atoms with E-state index in [1.807, 2.05) is 0 Å². The number of rotatable bonds is 14. The van der Waals surface area contributed by atoms with Crippen molar-refractivity contribution < 1.29 is 22.7 Å². The Bertz CT molecular complexity index is 418. The summed E-state index contributed by atoms with van der Waals surface area (Å²) in [5.74, 6) is 0.975. The monoisotopic (exact) mass is 492 g/mol. The molecular formula is C13H21Cl4O5PS2. The third-order valence-corrected chi connectivity index (χ3v) is 6.66. The molecule has 0 bridgehead atoms. The maximum absolute atomic E-state index is 12.0. The molecule has 25 heavy (non-hydrogen) atoms. The Morgan fingerprint density at radius 3 is 1.60 bits per heavy atom. The molecule has 0 spiro atoms. The first kappa shape index (κ1) is 26.4. The Labute approximate surface area is 175 Å². The molecular weight excluding hydrogens is 473 g/mol. The maximum atomic E-state index is 12.0. The van der Waals surface area contributed by atoms with Gasteiger partial charge in [0.1, 0.15) is 45.9 Å². The van der Waals surface area contributed by atoms with Gasteiger partial charge in [0, 0.05) is 6.66 Å². The average Bonchev–Trinajstić information content (AvgIpc) is 2.45. The minimum Gasteiger partial charge on any atom is -0.616 e. The van der Waals surface area contributed by atoms with Crippen LogP contribution in [0.15, 0.2) is 24.3 Å². The number of hydrogen-bond donors (Lipinski definition) is 0. The van der Waals surface area contributed by atoms with Gasteiger partial charge in [-0.2, -0.15) is 0 Å². The van der Waals surface area contributed by atoms with Crippen LogP contribution in [0.3, 0.4) is 0 Å². The molecule has 0 aliphatic rings. The van der Waals surface area contributed by atoms with Gasteiger partial charge < -0.3 is 18.2 Å². The normalized spacial score (nSPS) is 17.6. The zero-order chi connectivity index (χ0) is 19.3. The van der Waals surface area contributed by atoms with Crippen molar-refractivity contribution in [2.75, 3.05) is 42.9 Å². The highest BCUT2D eigenvalue weighted by atomic mass is 35.5. The molecule has 0 amide bonds. The van der Waals surface area contributed by atoms with Crippen LogP contribution in [-0.2, 0) is 36.0 Å². The summed E-state index contributed by atoms with van der Waals surface area (Å²) in [7, 11) is -3.28. The Morgan fingerprint density at radius 1 is 0.920 bits per heavy atom. The fraction of sp³-hybridized carbons (Fsp3) is 0.692. The molecule has 0 heterocycles. The molecule has 2 unspecified atom stereocenters. The smallest absolute Gasteiger partial charge is 0.327 e. The molecule has 0 fully saturated rings. The second-order valence-electron chi connectivity index (χ2n) is 4.58. The van der Waals surface area contributed by atoms with Gasteiger partial charge in [0.05, 0.1) is 0 Å². The van der Waals surface area contributed by atoms with Crippen LogP contribution in [0.4, 0.5) is 0 Å². The van der Waals surface area contributed by atoms with E-state index in [4.69, 9.17) is 55.5 Å². The predicted molar refractivity (Wildman–Crippen MR) is 110 cm³/mol. The second kappa shape index (κ2) is 15.3. The maximum Gasteiger partial charge on any atom is 0.327 e. The van der Waals surface area contributed by atoms with Crippen molar-refractivity contribution in [3.05, 3.63) is 24.3 Å². The van der Waals surface area contributed by atoms with Crippen LogP contribution in [0.1, 0.15) is 0 Å². The Balaban J connectivity index is 3.88. The summed E-state index contributed by atoms with van der Waals surface area (Å²) in [5.41, 5.74) is 0. The molecule has 148 valence electrons. The fourth-order valence-electron chi connectivity index (χ4n) is 1.33. The van der Waals surface area contributed by atoms with Crippen LogP contribution < -0.4 is 0 Å². The van der Waals surface area contributed by atoms with Crippen LogP contribution in [0, 0.1) is 0 Å². The van der Waals surface area contributed by atoms with Gasteiger partial charge in [-0.15, -0.1) is 46.4 Å². The van der Waals surface area contributed by atoms with Gasteiger partial charge >= 0.3 is 7.60 Å². The zero-order valence-electron chi connectivity index (χ0n) is 13.5. The van der Waals surface area contributed by atoms with E-state index in [2.05, 4.69) is 0 Å². The third kappa shape index (κ3) is 18.5. The molecule has 0 aromatic heterocycles. The Hall–Kier alpha value is 1.41. The highest BCUT2D eigenvalue weighted by Gasteiger charge is 2.19. The minimum absolute atomic E-state index is 0.0259. The van der Waals surface area contributed by atoms with E-state index >= 15 is 0 Å². The summed E-state index contributed by atoms with van der Waals surface area (Å²) in [6.07, 6.45) is 6.27. The molecule has 0 saturated heterocycles. The topological polar surface area (TPSA) is 81.7 Å². The van der Waals surface area contributed by atoms with Crippen molar-refractivity contribution in [1.29, 1.82) is 0 Å². The highest BCUT2D eigenvalue weighted by Crippen LogP contribution is 2.43. The van der Waals surface area contributed by atoms with Crippen molar-refractivity contribution in [2.45, 2.75) is 9.67 Å². The van der Waals surface area contributed by atoms with Crippen LogP contribution in [0.5, 0.6) is 0 Å². The number of alkyl halides is 4. The standard InChI is InChI=1S/C13H21Cl4O5PS2/c1-23(18,21-6-10-24(19)8-2-4-12(14)15)22-7-11-25(20)9-3-5-13(16)17/h2-5,12-13H,6-11H2,1H3. The molecule has 0 radical (unpaired) electrons. The molecule has 0 aromatic carbocycles. The summed E-state index contributed by atoms with van der Waals surface area (Å²) in [4.78, 5) is -1.27. The second-order valence-corrected chi connectivity index (χ2v) is 12.2. The zero-order valence-corrected chi connectivity index (χ0v) is 19.1. The number of hydrogen-bond acceptors (Lipinski definition) is 5. The highest BCUT2D eigenvalue weighted by molar-refractivity contribution is 7.91. The lowest BCUT2D eigenvalue weighted by molar-refractivity contribution is 0.227. The molecule has 2 atom stereocenters. The third-order valence-electron chi connectivity index (χ3n) is 2.40. The molecule has 5 nitrogen and oxygen atoms in total. The quantitative estimate of drug-likeness (QED) is 0.158. The van der Waals surface area contributed by atoms with Crippen molar-refractivity contribution >= 4 is 76.4 Å². The average molecular weight is 494 g/mol. The van der Waals surface area contributed by atoms with Crippen LogP contribution in [0.2, 0.25) is 0 Å². The van der Waals surface area contributed by atoms with Crippen molar-refractivity contribution in [3.63, 3.8) is 0 Å². The largest absolute Gasteiger partial charge is 0.616 e. The van der Waals surface area contributed by atoms with Crippen LogP contribution in [0.25, 0.3) is 0 Å². The van der Waals surface area contributed by atoms with Gasteiger partial charge in [-0.05, 0) is 34.5 Å². The van der Waals surface area contributed by atoms with Crippen molar-refractivity contribution in [2.24, 2.45) is 0 Å². The molecule has 0 aliphatic heterocycles. The van der Waals surface area contributed by atoms with Gasteiger partial charge in [0.15, 0.2) is 0 Å². The molecule has 0 rings (SSSR count). The molecule has 0 aliphatic carbocycles. The molecule has 0 N–H and O–H groups in total. The van der Waals surface area contributed by atoms with Crippen molar-refractivity contribution in [3.8, 4) is 0 Å². The molecule has 0 saturated carbocycles. The minimum atomic E-state index is -3.28. The number of allylic oxidation sites excluding steroid dienone is 2. The lowest BCUT2D eigenvalue weighted by atomic mass is 10.6. The van der Waals surface area contributed by atoms with E-state index in [1.54, 1.807) is 12.2 Å². The predicted octanol–water partition coefficient (Wildman–Crippen LogP) is 4.06. The van der Waals surface area contributed by atoms with E-state index in [1.165, 1.54) is 18.8 Å². The lowest BCUT2D eigenvalue weighted by Crippen LogP contribution is -2.16. The fourth-order valence-corrected chi connectivity index (χ4v) is 4.43. The Kier molecular flexibility index (Phi) is 16.2. The first-order chi connectivity index (χ1) is 11.6. The van der Waals surface area contributed by atoms with Crippen LogP contribution >= 0.6 is 54.0 Å². The summed E-state index contributed by atoms with van der Waals surface area (Å²) in [5, 5.41) is 0. The first-order valence-corrected chi connectivity index (χ1v) is 13.8. The first-order valence-electron chi connectivity index (χ1n) is 7.08. The SMILES string of the molecule is CP(=O)(OCC[S+]([O-])CC=CC(Cl)Cl)OCC[S+]([O-])CC=CC(Cl)Cl. The van der Waals surface area contributed by atoms with Crippen molar-refractivity contribution in [1.82, 2.24) is 0 Å². The van der Waals surface area contributed by atoms with E-state index in [0.29, 0.717) is 0 Å². The van der Waals surface area contributed by atoms with E-state index < -0.39 is 39.6 Å². The van der Waals surface area contributed by atoms with E-state index in [-0.39, 0.29) is 36.2 Å². The Morgan fingerprint density at radius 2 is 1.28 bits per heavy atom. The molecule has 12 heteroatoms. The van der Waals surface area contributed by atoms with Gasteiger partial charge in [0.25, 0.3) is 0 Å². The summed E-state index contributed by atoms with van der Waals surface area (Å²) in [6.45, 7) is 1.37. The summed E-state index contributed by atoms with van der Waals surface area (Å²) in [6, 6.07) is 0. The summed E-state index contributed by atoms with van der Waals surface area (Å²) < 4.78 is 45.6. The lowest BCUT2D eigenvalue weighted by Gasteiger charge is -2.16. The van der Waals surface area contributed by atoms with Gasteiger partial charge in [-0.1, -0.05) is 12.2 Å². The summed E-state index contributed by atoms with van der Waals surface area (Å²) >= 11 is 19.7. The van der Waals surface area contributed by atoms with Crippen LogP contribution in [-0.4, -0.2) is 61.7 Å². The van der Waals surface area contributed by atoms with E-state index in [9.17, 15) is 13.7 Å². The van der Waals surface area contributed by atoms with E-state index in [0.717, 1.165) is 0 Å².